The number of fused-ring (bicyclic) bond motifs is 3. The molecule has 3 saturated heterocycles. The Bertz CT molecular complexity index is 454. The average molecular weight is 257 g/mol. The van der Waals surface area contributed by atoms with Gasteiger partial charge in [-0.1, -0.05) is 44.2 Å². The molecule has 102 valence electrons. The summed E-state index contributed by atoms with van der Waals surface area (Å²) in [6.07, 6.45) is 3.05. The van der Waals surface area contributed by atoms with Crippen molar-refractivity contribution in [2.75, 3.05) is 6.54 Å². The predicted molar refractivity (Wildman–Crippen MR) is 77.0 cm³/mol. The van der Waals surface area contributed by atoms with Crippen molar-refractivity contribution in [3.8, 4) is 0 Å². The summed E-state index contributed by atoms with van der Waals surface area (Å²) in [5.41, 5.74) is 1.29. The maximum atomic E-state index is 12.5. The van der Waals surface area contributed by atoms with Crippen LogP contribution in [0.15, 0.2) is 30.3 Å². The van der Waals surface area contributed by atoms with Gasteiger partial charge in [0.05, 0.1) is 6.04 Å². The Morgan fingerprint density at radius 1 is 1.26 bits per heavy atom. The van der Waals surface area contributed by atoms with Gasteiger partial charge in [-0.2, -0.15) is 0 Å². The minimum absolute atomic E-state index is 0.127. The first-order valence-electron chi connectivity index (χ1n) is 7.50. The lowest BCUT2D eigenvalue weighted by Gasteiger charge is -2.51. The van der Waals surface area contributed by atoms with Crippen molar-refractivity contribution >= 4 is 5.78 Å². The molecule has 4 rings (SSSR count). The SMILES string of the molecule is CC(C)C1CC2CCN1C(Cc1ccccc1)C2=O. The van der Waals surface area contributed by atoms with Crippen molar-refractivity contribution in [1.82, 2.24) is 4.90 Å². The standard InChI is InChI=1S/C17H23NO/c1-12(2)15-11-14-8-9-18(15)16(17(14)19)10-13-6-4-3-5-7-13/h3-7,12,14-16H,8-11H2,1-2H3. The number of ketones is 1. The van der Waals surface area contributed by atoms with E-state index in [0.717, 1.165) is 25.8 Å². The van der Waals surface area contributed by atoms with Crippen LogP contribution in [0.4, 0.5) is 0 Å². The monoisotopic (exact) mass is 257 g/mol. The third kappa shape index (κ3) is 2.34. The van der Waals surface area contributed by atoms with E-state index in [0.29, 0.717) is 23.7 Å². The molecule has 0 spiro atoms. The van der Waals surface area contributed by atoms with E-state index in [2.05, 4.69) is 43.0 Å². The summed E-state index contributed by atoms with van der Waals surface area (Å²) in [4.78, 5) is 15.0. The molecule has 2 bridgehead atoms. The Balaban J connectivity index is 1.82. The maximum Gasteiger partial charge on any atom is 0.153 e. The Morgan fingerprint density at radius 3 is 2.68 bits per heavy atom. The summed E-state index contributed by atoms with van der Waals surface area (Å²) in [6.45, 7) is 5.68. The summed E-state index contributed by atoms with van der Waals surface area (Å²) in [5.74, 6) is 1.47. The highest BCUT2D eigenvalue weighted by Gasteiger charge is 2.46. The molecule has 19 heavy (non-hydrogen) atoms. The van der Waals surface area contributed by atoms with Crippen molar-refractivity contribution in [1.29, 1.82) is 0 Å². The summed E-state index contributed by atoms with van der Waals surface area (Å²) >= 11 is 0. The molecule has 0 radical (unpaired) electrons. The van der Waals surface area contributed by atoms with Crippen molar-refractivity contribution in [2.24, 2.45) is 11.8 Å². The van der Waals surface area contributed by atoms with Crippen molar-refractivity contribution in [2.45, 2.75) is 45.2 Å². The van der Waals surface area contributed by atoms with Gasteiger partial charge in [0, 0.05) is 12.0 Å². The second-order valence-electron chi connectivity index (χ2n) is 6.38. The molecular formula is C17H23NO. The summed E-state index contributed by atoms with van der Waals surface area (Å²) in [7, 11) is 0. The zero-order valence-electron chi connectivity index (χ0n) is 11.9. The van der Waals surface area contributed by atoms with E-state index in [-0.39, 0.29) is 6.04 Å². The molecule has 0 aliphatic carbocycles. The van der Waals surface area contributed by atoms with Crippen LogP contribution in [-0.2, 0) is 11.2 Å². The van der Waals surface area contributed by atoms with Gasteiger partial charge in [-0.3, -0.25) is 9.69 Å². The van der Waals surface area contributed by atoms with Gasteiger partial charge in [-0.05, 0) is 37.3 Å². The molecule has 0 N–H and O–H groups in total. The number of hydrogen-bond acceptors (Lipinski definition) is 2. The molecule has 1 aromatic rings. The first kappa shape index (κ1) is 12.9. The number of nitrogens with zero attached hydrogens (tertiary/aromatic N) is 1. The molecular weight excluding hydrogens is 234 g/mol. The topological polar surface area (TPSA) is 20.3 Å². The third-order valence-electron chi connectivity index (χ3n) is 4.86. The lowest BCUT2D eigenvalue weighted by molar-refractivity contribution is -0.142. The van der Waals surface area contributed by atoms with E-state index in [1.807, 2.05) is 6.07 Å². The molecule has 4 atom stereocenters. The predicted octanol–water partition coefficient (Wildman–Crippen LogP) is 2.92. The van der Waals surface area contributed by atoms with Gasteiger partial charge in [0.25, 0.3) is 0 Å². The zero-order chi connectivity index (χ0) is 13.4. The second kappa shape index (κ2) is 5.09. The number of piperidine rings is 3. The highest BCUT2D eigenvalue weighted by Crippen LogP contribution is 2.37. The molecule has 3 heterocycles. The molecule has 0 amide bonds. The molecule has 3 aliphatic rings. The first-order chi connectivity index (χ1) is 9.16. The van der Waals surface area contributed by atoms with E-state index < -0.39 is 0 Å². The van der Waals surface area contributed by atoms with Crippen molar-refractivity contribution in [3.63, 3.8) is 0 Å². The Labute approximate surface area is 115 Å². The highest BCUT2D eigenvalue weighted by molar-refractivity contribution is 5.88. The number of rotatable bonds is 3. The normalized spacial score (nSPS) is 33.9. The van der Waals surface area contributed by atoms with Crippen LogP contribution in [0.1, 0.15) is 32.3 Å². The summed E-state index contributed by atoms with van der Waals surface area (Å²) in [5, 5.41) is 0. The fraction of sp³-hybridized carbons (Fsp3) is 0.588. The Hall–Kier alpha value is -1.15. The fourth-order valence-electron chi connectivity index (χ4n) is 3.81. The zero-order valence-corrected chi connectivity index (χ0v) is 11.9. The number of benzene rings is 1. The minimum Gasteiger partial charge on any atom is -0.298 e. The van der Waals surface area contributed by atoms with Gasteiger partial charge in [0.1, 0.15) is 0 Å². The first-order valence-corrected chi connectivity index (χ1v) is 7.50. The van der Waals surface area contributed by atoms with Gasteiger partial charge < -0.3 is 0 Å². The Kier molecular flexibility index (Phi) is 3.44. The smallest absolute Gasteiger partial charge is 0.153 e. The second-order valence-corrected chi connectivity index (χ2v) is 6.38. The highest BCUT2D eigenvalue weighted by atomic mass is 16.1. The summed E-state index contributed by atoms with van der Waals surface area (Å²) < 4.78 is 0. The van der Waals surface area contributed by atoms with Crippen molar-refractivity contribution in [3.05, 3.63) is 35.9 Å². The van der Waals surface area contributed by atoms with E-state index >= 15 is 0 Å². The molecule has 2 nitrogen and oxygen atoms in total. The molecule has 2 heteroatoms. The molecule has 3 fully saturated rings. The summed E-state index contributed by atoms with van der Waals surface area (Å²) in [6, 6.07) is 11.2. The lowest BCUT2D eigenvalue weighted by Crippen LogP contribution is -2.62. The molecule has 0 aromatic heterocycles. The molecule has 3 aliphatic heterocycles. The van der Waals surface area contributed by atoms with Crippen LogP contribution in [0.2, 0.25) is 0 Å². The molecule has 1 aromatic carbocycles. The largest absolute Gasteiger partial charge is 0.298 e. The number of Topliss-reactive ketones (excluding diaryl/α,β-unsaturated/α-hetero) is 1. The van der Waals surface area contributed by atoms with Gasteiger partial charge in [0.2, 0.25) is 0 Å². The Morgan fingerprint density at radius 2 is 2.00 bits per heavy atom. The fourth-order valence-corrected chi connectivity index (χ4v) is 3.81. The van der Waals surface area contributed by atoms with Gasteiger partial charge in [-0.25, -0.2) is 0 Å². The molecule has 0 saturated carbocycles. The van der Waals surface area contributed by atoms with Gasteiger partial charge in [-0.15, -0.1) is 0 Å². The lowest BCUT2D eigenvalue weighted by atomic mass is 9.73. The number of carbonyl (C=O) groups excluding carboxylic acids is 1. The number of carbonyl (C=O) groups is 1. The van der Waals surface area contributed by atoms with Crippen LogP contribution >= 0.6 is 0 Å². The van der Waals surface area contributed by atoms with E-state index in [4.69, 9.17) is 0 Å². The van der Waals surface area contributed by atoms with Crippen molar-refractivity contribution < 1.29 is 4.79 Å². The minimum atomic E-state index is 0.127. The van der Waals surface area contributed by atoms with Gasteiger partial charge >= 0.3 is 0 Å². The van der Waals surface area contributed by atoms with Crippen LogP contribution in [0.25, 0.3) is 0 Å². The molecule has 4 unspecified atom stereocenters. The van der Waals surface area contributed by atoms with E-state index in [1.54, 1.807) is 0 Å². The van der Waals surface area contributed by atoms with E-state index in [9.17, 15) is 4.79 Å². The third-order valence-corrected chi connectivity index (χ3v) is 4.86. The quantitative estimate of drug-likeness (QED) is 0.830. The van der Waals surface area contributed by atoms with Crippen LogP contribution < -0.4 is 0 Å². The maximum absolute atomic E-state index is 12.5. The van der Waals surface area contributed by atoms with Gasteiger partial charge in [0.15, 0.2) is 5.78 Å². The van der Waals surface area contributed by atoms with Crippen LogP contribution in [0, 0.1) is 11.8 Å². The number of hydrogen-bond donors (Lipinski definition) is 0. The van der Waals surface area contributed by atoms with E-state index in [1.165, 1.54) is 5.56 Å². The van der Waals surface area contributed by atoms with Crippen LogP contribution in [-0.4, -0.2) is 29.3 Å². The average Bonchev–Trinajstić information content (AvgIpc) is 2.43. The van der Waals surface area contributed by atoms with Crippen LogP contribution in [0.3, 0.4) is 0 Å². The van der Waals surface area contributed by atoms with Crippen LogP contribution in [0.5, 0.6) is 0 Å².